The summed E-state index contributed by atoms with van der Waals surface area (Å²) >= 11 is -0.0167. The molecule has 0 atom stereocenters. The quantitative estimate of drug-likeness (QED) is 0.0159. The third-order valence-corrected chi connectivity index (χ3v) is 25.7. The Balaban J connectivity index is 0.000000232. The molecule has 0 aliphatic rings. The minimum atomic E-state index is -7.22. The molecule has 0 saturated heterocycles. The van der Waals surface area contributed by atoms with Crippen LogP contribution in [-0.2, 0) is 43.4 Å². The second-order valence-corrected chi connectivity index (χ2v) is 35.3. The van der Waals surface area contributed by atoms with Crippen LogP contribution in [0.4, 0.5) is 189 Å². The summed E-state index contributed by atoms with van der Waals surface area (Å²) < 4.78 is 650. The minimum Gasteiger partial charge on any atom is -0.741 e. The molecular formula is C86H39AgB2F43IO3S2. The van der Waals surface area contributed by atoms with Gasteiger partial charge in [-0.15, -0.1) is 43.7 Å². The topological polar surface area (TPSA) is 57.2 Å². The van der Waals surface area contributed by atoms with Crippen LogP contribution in [-0.4, -0.2) is 30.8 Å². The zero-order valence-electron chi connectivity index (χ0n) is 67.8. The van der Waals surface area contributed by atoms with E-state index < -0.39 is 304 Å². The molecule has 13 aromatic rings. The predicted molar refractivity (Wildman–Crippen MR) is 399 cm³/mol. The second kappa shape index (κ2) is 42.8. The van der Waals surface area contributed by atoms with Crippen molar-refractivity contribution in [3.05, 3.63) is 389 Å². The van der Waals surface area contributed by atoms with Crippen LogP contribution >= 0.6 is 0 Å². The molecule has 0 heterocycles. The van der Waals surface area contributed by atoms with Crippen LogP contribution in [0.2, 0.25) is 0 Å². The average Bonchev–Trinajstić information content (AvgIpc) is 0.683. The Morgan fingerprint density at radius 2 is 0.348 bits per heavy atom. The Bertz CT molecular complexity index is 5900. The van der Waals surface area contributed by atoms with E-state index in [0.29, 0.717) is 5.92 Å². The predicted octanol–water partition coefficient (Wildman–Crippen LogP) is 18.7. The van der Waals surface area contributed by atoms with Gasteiger partial charge in [0.1, 0.15) is 105 Å². The van der Waals surface area contributed by atoms with Gasteiger partial charge in [-0.05, 0) is 99.8 Å². The van der Waals surface area contributed by atoms with E-state index in [-0.39, 0.29) is 54.5 Å². The van der Waals surface area contributed by atoms with Crippen LogP contribution in [0.1, 0.15) is 47.6 Å². The molecule has 13 rings (SSSR count). The molecule has 0 fully saturated rings. The third-order valence-electron chi connectivity index (χ3n) is 20.2. The summed E-state index contributed by atoms with van der Waals surface area (Å²) in [6, 6.07) is 44.9. The van der Waals surface area contributed by atoms with Gasteiger partial charge in [-0.2, -0.15) is 13.2 Å². The van der Waals surface area contributed by atoms with Gasteiger partial charge in [0, 0.05) is 0 Å². The van der Waals surface area contributed by atoms with Crippen molar-refractivity contribution in [3.8, 4) is 0 Å². The maximum absolute atomic E-state index is 15.4. The summed E-state index contributed by atoms with van der Waals surface area (Å²) in [5.74, 6) is -142. The largest absolute Gasteiger partial charge is 1.00 e. The zero-order chi connectivity index (χ0) is 103. The van der Waals surface area contributed by atoms with E-state index >= 15 is 70.2 Å². The standard InChI is InChI=1S/2C24BF20.C21H21S.C16H18I.CHF3O3S.Ag/c2*26-5-1(6(27)14(35)21(42)13(5)34)25(2-7(28)15(36)22(43)16(37)8(2)29,3-9(30)17(38)23(44)18(39)10(3)31)4-11(32)19(40)24(45)20(41)12(4)33;1-16-4-10-19(11-5-16)22(20-12-6-17(2)7-13-20)21-14-8-18(3)9-15-21;1-12(2)14-6-10-16(11-7-14)17-15-8-4-13(3)5-9-15;2-1(3,4)8(5,6)7;/h;;4-15H,1-3H3;4-12H,1-3H3;(H,5,6,7);/q2*-1;2*+1;;+1/p-1. The number of rotatable bonds is 14. The van der Waals surface area contributed by atoms with E-state index in [9.17, 15) is 119 Å². The minimum absolute atomic E-state index is 0. The summed E-state index contributed by atoms with van der Waals surface area (Å²) in [7, 11) is -6.13. The molecule has 0 aliphatic heterocycles. The number of hydrogen-bond acceptors (Lipinski definition) is 3. The van der Waals surface area contributed by atoms with Crippen molar-refractivity contribution < 1.29 is 245 Å². The first kappa shape index (κ1) is 112. The van der Waals surface area contributed by atoms with E-state index in [4.69, 9.17) is 13.0 Å². The van der Waals surface area contributed by atoms with Gasteiger partial charge in [-0.3, -0.25) is 0 Å². The van der Waals surface area contributed by atoms with E-state index in [0.717, 1.165) is 0 Å². The van der Waals surface area contributed by atoms with E-state index in [1.54, 1.807) is 0 Å². The Hall–Kier alpha value is -11.3. The Morgan fingerprint density at radius 1 is 0.232 bits per heavy atom. The molecule has 13 aromatic carbocycles. The van der Waals surface area contributed by atoms with Crippen molar-refractivity contribution in [2.45, 2.75) is 67.7 Å². The normalized spacial score (nSPS) is 11.7. The first-order valence-electron chi connectivity index (χ1n) is 36.7. The fourth-order valence-corrected chi connectivity index (χ4v) is 18.0. The van der Waals surface area contributed by atoms with E-state index in [1.807, 2.05) is 0 Å². The monoisotopic (exact) mass is 2260 g/mol. The Morgan fingerprint density at radius 3 is 0.471 bits per heavy atom. The molecule has 0 bridgehead atoms. The van der Waals surface area contributed by atoms with Crippen molar-refractivity contribution in [2.75, 3.05) is 0 Å². The van der Waals surface area contributed by atoms with Crippen molar-refractivity contribution in [2.24, 2.45) is 0 Å². The molecule has 0 aliphatic carbocycles. The van der Waals surface area contributed by atoms with E-state index in [1.165, 1.54) is 49.6 Å². The number of alkyl halides is 3. The first-order valence-corrected chi connectivity index (χ1v) is 41.5. The van der Waals surface area contributed by atoms with E-state index in [2.05, 4.69) is 163 Å². The maximum Gasteiger partial charge on any atom is 1.00 e. The smallest absolute Gasteiger partial charge is 0.741 e. The molecule has 738 valence electrons. The molecule has 0 saturated carbocycles. The van der Waals surface area contributed by atoms with Gasteiger partial charge in [-0.1, -0.05) is 96.8 Å². The molecule has 3 nitrogen and oxygen atoms in total. The summed E-state index contributed by atoms with van der Waals surface area (Å²) in [5.41, 5.74) is -27.6. The van der Waals surface area contributed by atoms with Crippen LogP contribution in [0.3, 0.4) is 0 Å². The number of aryl methyl sites for hydroxylation is 4. The van der Waals surface area contributed by atoms with Gasteiger partial charge in [0.15, 0.2) is 172 Å². The molecule has 0 N–H and O–H groups in total. The number of benzene rings is 13. The van der Waals surface area contributed by atoms with Gasteiger partial charge in [-0.25, -0.2) is 184 Å². The molecule has 0 aromatic heterocycles. The molecule has 138 heavy (non-hydrogen) atoms. The van der Waals surface area contributed by atoms with Crippen molar-refractivity contribution in [1.29, 1.82) is 0 Å². The summed E-state index contributed by atoms with van der Waals surface area (Å²) in [4.78, 5) is 4.12. The van der Waals surface area contributed by atoms with Crippen molar-refractivity contribution >= 4 is 77.0 Å². The number of hydrogen-bond donors (Lipinski definition) is 0. The fourth-order valence-electron chi connectivity index (χ4n) is 13.8. The van der Waals surface area contributed by atoms with Crippen LogP contribution in [0.25, 0.3) is 0 Å². The van der Waals surface area contributed by atoms with Crippen LogP contribution in [0.5, 0.6) is 0 Å². The summed E-state index contributed by atoms with van der Waals surface area (Å²) in [6.07, 6.45) is -14.4. The maximum atomic E-state index is 15.4. The van der Waals surface area contributed by atoms with Gasteiger partial charge in [0.05, 0.1) is 10.9 Å². The zero-order valence-corrected chi connectivity index (χ0v) is 73.0. The van der Waals surface area contributed by atoms with Gasteiger partial charge in [0.25, 0.3) is 0 Å². The van der Waals surface area contributed by atoms with Crippen molar-refractivity contribution in [1.82, 2.24) is 0 Å². The van der Waals surface area contributed by atoms with Gasteiger partial charge < -0.3 is 4.55 Å². The first-order chi connectivity index (χ1) is 63.4. The van der Waals surface area contributed by atoms with Crippen LogP contribution < -0.4 is 64.9 Å². The molecular weight excluding hydrogens is 2220 g/mol. The van der Waals surface area contributed by atoms with Crippen LogP contribution in [0, 0.1) is 268 Å². The number of halogens is 44. The molecule has 0 amide bonds. The fraction of sp³-hybridized carbons (Fsp3) is 0.0930. The molecule has 52 heteroatoms. The third kappa shape index (κ3) is 20.2. The van der Waals surface area contributed by atoms with Crippen LogP contribution in [0.15, 0.2) is 136 Å². The van der Waals surface area contributed by atoms with Crippen molar-refractivity contribution in [3.63, 3.8) is 0 Å². The second-order valence-electron chi connectivity index (χ2n) is 28.8. The SMILES string of the molecule is Cc1ccc([I+]c2ccc(C(C)C)cc2)cc1.Cc1ccc([S+](c2ccc(C)cc2)c2ccc(C)cc2)cc1.Fc1c(F)c(F)c([B-](c2c(F)c(F)c(F)c(F)c2F)(c2c(F)c(F)c(F)c(F)c2F)c2c(F)c(F)c(F)c(F)c2F)c(F)c1F.Fc1c(F)c(F)c([B-](c2c(F)c(F)c(F)c(F)c2F)(c2c(F)c(F)c(F)c(F)c2F)c2c(F)c(F)c(F)c(F)c2F)c(F)c1F.O=S(=O)([O-])C(F)(F)F.[Ag+]. The van der Waals surface area contributed by atoms with Gasteiger partial charge >= 0.3 is 49.1 Å². The summed E-state index contributed by atoms with van der Waals surface area (Å²) in [5, 5.41) is 0. The molecule has 0 spiro atoms. The molecule has 0 radical (unpaired) electrons. The Labute approximate surface area is 774 Å². The summed E-state index contributed by atoms with van der Waals surface area (Å²) in [6.45, 7) is 13.0. The average molecular weight is 2260 g/mol. The Kier molecular flexibility index (Phi) is 34.7. The molecule has 0 unspecified atom stereocenters. The van der Waals surface area contributed by atoms with Gasteiger partial charge in [0.2, 0.25) is 0 Å².